The van der Waals surface area contributed by atoms with Crippen LogP contribution < -0.4 is 0 Å². The van der Waals surface area contributed by atoms with E-state index in [9.17, 15) is 2.87 Å². The fourth-order valence-corrected chi connectivity index (χ4v) is 13.1. The van der Waals surface area contributed by atoms with Crippen molar-refractivity contribution in [2.45, 2.75) is 79.0 Å². The summed E-state index contributed by atoms with van der Waals surface area (Å²) in [5, 5.41) is 0. The Morgan fingerprint density at radius 2 is 1.39 bits per heavy atom. The third-order valence-electron chi connectivity index (χ3n) is 4.06. The van der Waals surface area contributed by atoms with Gasteiger partial charge < -0.3 is 0 Å². The van der Waals surface area contributed by atoms with E-state index in [2.05, 4.69) is 32.3 Å². The van der Waals surface area contributed by atoms with Crippen molar-refractivity contribution >= 4 is 18.9 Å². The average molecular weight is 428 g/mol. The quantitative estimate of drug-likeness (QED) is 0.270. The predicted octanol–water partition coefficient (Wildman–Crippen LogP) is 7.11. The van der Waals surface area contributed by atoms with Gasteiger partial charge in [0.15, 0.2) is 0 Å². The van der Waals surface area contributed by atoms with Crippen LogP contribution >= 0.6 is 0 Å². The Hall–Kier alpha value is -0.381. The second kappa shape index (κ2) is 15.2. The van der Waals surface area contributed by atoms with Crippen LogP contribution in [0.3, 0.4) is 0 Å². The van der Waals surface area contributed by atoms with Crippen molar-refractivity contribution in [3.05, 3.63) is 42.7 Å². The van der Waals surface area contributed by atoms with Gasteiger partial charge in [0, 0.05) is 12.4 Å². The Bertz CT molecular complexity index is 359. The molecule has 1 rings (SSSR count). The van der Waals surface area contributed by atoms with E-state index in [1.54, 1.807) is 12.4 Å². The number of rotatable bonds is 11. The second-order valence-electron chi connectivity index (χ2n) is 6.31. The fraction of sp³-hybridized carbons (Fsp3) is 0.650. The third kappa shape index (κ3) is 12.7. The molecule has 0 saturated heterocycles. The van der Waals surface area contributed by atoms with Crippen LogP contribution in [0.15, 0.2) is 37.2 Å². The molecule has 1 aromatic heterocycles. The van der Waals surface area contributed by atoms with Gasteiger partial charge in [0.1, 0.15) is 0 Å². The van der Waals surface area contributed by atoms with E-state index < -0.39 is 18.9 Å². The number of unbranched alkanes of at least 4 members (excludes halogenated alkanes) is 3. The van der Waals surface area contributed by atoms with Crippen LogP contribution in [0.4, 0.5) is 2.87 Å². The molecule has 1 heterocycles. The van der Waals surface area contributed by atoms with E-state index in [-0.39, 0.29) is 0 Å². The molecule has 0 N–H and O–H groups in total. The summed E-state index contributed by atoms with van der Waals surface area (Å²) in [6.07, 6.45) is 13.3. The molecule has 0 aromatic carbocycles. The maximum atomic E-state index is 14.6. The van der Waals surface area contributed by atoms with Crippen molar-refractivity contribution in [3.8, 4) is 0 Å². The van der Waals surface area contributed by atoms with Crippen molar-refractivity contribution in [2.24, 2.45) is 0 Å². The van der Waals surface area contributed by atoms with Gasteiger partial charge >= 0.3 is 94.4 Å². The summed E-state index contributed by atoms with van der Waals surface area (Å²) >= 11 is -3.06. The van der Waals surface area contributed by atoms with Gasteiger partial charge in [-0.15, -0.1) is 6.58 Å². The molecule has 0 saturated carbocycles. The second-order valence-corrected chi connectivity index (χ2v) is 17.2. The van der Waals surface area contributed by atoms with Crippen LogP contribution in [0.5, 0.6) is 0 Å². The molecule has 3 heteroatoms. The van der Waals surface area contributed by atoms with Gasteiger partial charge in [0.25, 0.3) is 0 Å². The Morgan fingerprint density at radius 1 is 0.957 bits per heavy atom. The Kier molecular flexibility index (Phi) is 14.9. The van der Waals surface area contributed by atoms with Gasteiger partial charge in [-0.05, 0) is 24.1 Å². The van der Waals surface area contributed by atoms with Gasteiger partial charge in [-0.25, -0.2) is 0 Å². The fourth-order valence-electron chi connectivity index (χ4n) is 2.54. The first-order valence-corrected chi connectivity index (χ1v) is 16.4. The van der Waals surface area contributed by atoms with Crippen LogP contribution in [-0.2, 0) is 6.42 Å². The standard InChI is InChI=1S/C8H9N.3C4H9.FH.Sn/c1-2-3-8-4-6-9-7-5-8;3*1-3-4-2;;/h2,4-7H,1,3H2;3*1,3-4H2,2H3;1H;/q;;;;;+1/p-1. The summed E-state index contributed by atoms with van der Waals surface area (Å²) in [6, 6.07) is 3.98. The number of hydrogen-bond acceptors (Lipinski definition) is 1. The molecule has 23 heavy (non-hydrogen) atoms. The van der Waals surface area contributed by atoms with E-state index in [0.29, 0.717) is 0 Å². The first-order chi connectivity index (χ1) is 11.1. The van der Waals surface area contributed by atoms with Crippen molar-refractivity contribution in [3.63, 3.8) is 0 Å². The van der Waals surface area contributed by atoms with Crippen molar-refractivity contribution < 1.29 is 2.87 Å². The van der Waals surface area contributed by atoms with Gasteiger partial charge in [0.2, 0.25) is 0 Å². The molecular weight excluding hydrogens is 392 g/mol. The third-order valence-corrected chi connectivity index (χ3v) is 14.8. The zero-order valence-electron chi connectivity index (χ0n) is 15.5. The first-order valence-electron chi connectivity index (χ1n) is 9.30. The summed E-state index contributed by atoms with van der Waals surface area (Å²) in [7, 11) is 0. The number of halogens is 1. The van der Waals surface area contributed by atoms with Crippen molar-refractivity contribution in [1.29, 1.82) is 0 Å². The van der Waals surface area contributed by atoms with Crippen molar-refractivity contribution in [2.75, 3.05) is 0 Å². The number of aromatic nitrogens is 1. The Morgan fingerprint density at radius 3 is 1.74 bits per heavy atom. The van der Waals surface area contributed by atoms with E-state index in [0.717, 1.165) is 39.0 Å². The molecule has 132 valence electrons. The van der Waals surface area contributed by atoms with Crippen LogP contribution in [0, 0.1) is 0 Å². The van der Waals surface area contributed by atoms with Gasteiger partial charge in [-0.1, -0.05) is 6.08 Å². The summed E-state index contributed by atoms with van der Waals surface area (Å²) < 4.78 is 17.5. The molecule has 0 atom stereocenters. The molecule has 0 radical (unpaired) electrons. The normalized spacial score (nSPS) is 10.8. The van der Waals surface area contributed by atoms with Crippen molar-refractivity contribution in [1.82, 2.24) is 4.98 Å². The van der Waals surface area contributed by atoms with E-state index in [1.165, 1.54) is 24.8 Å². The van der Waals surface area contributed by atoms with E-state index in [4.69, 9.17) is 0 Å². The maximum absolute atomic E-state index is 14.6. The van der Waals surface area contributed by atoms with Gasteiger partial charge in [-0.2, -0.15) is 0 Å². The molecule has 0 bridgehead atoms. The number of allylic oxidation sites excluding steroid dienone is 1. The van der Waals surface area contributed by atoms with E-state index in [1.807, 2.05) is 18.2 Å². The van der Waals surface area contributed by atoms with Crippen LogP contribution in [-0.4, -0.2) is 23.9 Å². The SMILES string of the molecule is C=CCc1ccncc1.CCC[CH2][Sn]([F])([CH2]CCC)[CH2]CCC. The summed E-state index contributed by atoms with van der Waals surface area (Å²) in [5.41, 5.74) is 1.26. The summed E-state index contributed by atoms with van der Waals surface area (Å²) in [4.78, 5) is 3.89. The molecule has 0 fully saturated rings. The minimum absolute atomic E-state index is 0.933. The Balaban J connectivity index is 0.000000459. The van der Waals surface area contributed by atoms with E-state index >= 15 is 0 Å². The molecule has 1 aromatic rings. The summed E-state index contributed by atoms with van der Waals surface area (Å²) in [6.45, 7) is 10.2. The molecule has 0 aliphatic rings. The molecule has 0 unspecified atom stereocenters. The number of hydrogen-bond donors (Lipinski definition) is 0. The van der Waals surface area contributed by atoms with Gasteiger partial charge in [0.05, 0.1) is 0 Å². The van der Waals surface area contributed by atoms with Crippen LogP contribution in [0.25, 0.3) is 0 Å². The zero-order valence-corrected chi connectivity index (χ0v) is 18.3. The molecular formula is C20H36FNSn. The first kappa shape index (κ1) is 22.6. The number of nitrogens with zero attached hydrogens (tertiary/aromatic N) is 1. The molecule has 0 amide bonds. The number of pyridine rings is 1. The molecule has 0 aliphatic carbocycles. The Labute approximate surface area is 148 Å². The van der Waals surface area contributed by atoms with Crippen LogP contribution in [0.1, 0.15) is 64.9 Å². The molecule has 0 spiro atoms. The van der Waals surface area contributed by atoms with Gasteiger partial charge in [-0.3, -0.25) is 4.98 Å². The topological polar surface area (TPSA) is 12.9 Å². The van der Waals surface area contributed by atoms with Crippen LogP contribution in [0.2, 0.25) is 13.3 Å². The molecule has 0 aliphatic heterocycles. The predicted molar refractivity (Wildman–Crippen MR) is 104 cm³/mol. The monoisotopic (exact) mass is 429 g/mol. The average Bonchev–Trinajstić information content (AvgIpc) is 2.58. The molecule has 1 nitrogen and oxygen atoms in total. The minimum atomic E-state index is -3.06. The zero-order chi connectivity index (χ0) is 17.4. The summed E-state index contributed by atoms with van der Waals surface area (Å²) in [5.74, 6) is 0.